The summed E-state index contributed by atoms with van der Waals surface area (Å²) in [5.74, 6) is 0.0845. The lowest BCUT2D eigenvalue weighted by Gasteiger charge is -2.43. The lowest BCUT2D eigenvalue weighted by Crippen LogP contribution is -2.57. The summed E-state index contributed by atoms with van der Waals surface area (Å²) >= 11 is 0. The van der Waals surface area contributed by atoms with E-state index in [1.807, 2.05) is 63.2 Å². The molecule has 9 heteroatoms. The van der Waals surface area contributed by atoms with Crippen molar-refractivity contribution in [3.63, 3.8) is 0 Å². The number of hydrogen-bond acceptors (Lipinski definition) is 5. The number of rotatable bonds is 8. The summed E-state index contributed by atoms with van der Waals surface area (Å²) in [4.78, 5) is 30.6. The second kappa shape index (κ2) is 11.1. The van der Waals surface area contributed by atoms with Crippen molar-refractivity contribution in [3.05, 3.63) is 59.2 Å². The van der Waals surface area contributed by atoms with Gasteiger partial charge in [0.15, 0.2) is 0 Å². The molecule has 2 aromatic carbocycles. The van der Waals surface area contributed by atoms with Crippen molar-refractivity contribution in [2.75, 3.05) is 37.7 Å². The third kappa shape index (κ3) is 5.31. The van der Waals surface area contributed by atoms with Crippen LogP contribution in [0.3, 0.4) is 0 Å². The summed E-state index contributed by atoms with van der Waals surface area (Å²) in [5.41, 5.74) is 2.51. The summed E-state index contributed by atoms with van der Waals surface area (Å²) in [6.45, 7) is 11.1. The highest BCUT2D eigenvalue weighted by Crippen LogP contribution is 2.40. The van der Waals surface area contributed by atoms with Gasteiger partial charge in [-0.05, 0) is 62.8 Å². The quantitative estimate of drug-likeness (QED) is 0.553. The van der Waals surface area contributed by atoms with Crippen molar-refractivity contribution in [1.82, 2.24) is 14.5 Å². The first-order valence-electron chi connectivity index (χ1n) is 13.5. The highest BCUT2D eigenvalue weighted by molar-refractivity contribution is 7.89. The number of benzene rings is 2. The van der Waals surface area contributed by atoms with Crippen molar-refractivity contribution in [3.8, 4) is 0 Å². The number of carbonyl (C=O) groups is 2. The maximum atomic E-state index is 13.9. The van der Waals surface area contributed by atoms with Gasteiger partial charge in [0.1, 0.15) is 12.1 Å². The molecule has 2 fully saturated rings. The normalized spacial score (nSPS) is 18.7. The van der Waals surface area contributed by atoms with E-state index in [-0.39, 0.29) is 31.4 Å². The first-order chi connectivity index (χ1) is 18.0. The second-order valence-electron chi connectivity index (χ2n) is 10.9. The van der Waals surface area contributed by atoms with Crippen molar-refractivity contribution in [2.24, 2.45) is 5.92 Å². The van der Waals surface area contributed by atoms with Gasteiger partial charge in [-0.2, -0.15) is 4.31 Å². The van der Waals surface area contributed by atoms with Gasteiger partial charge in [-0.1, -0.05) is 56.2 Å². The van der Waals surface area contributed by atoms with Gasteiger partial charge in [0.05, 0.1) is 11.6 Å². The molecule has 0 radical (unpaired) electrons. The van der Waals surface area contributed by atoms with Crippen LogP contribution in [0.15, 0.2) is 47.4 Å². The molecule has 1 N–H and O–H groups in total. The molecule has 0 saturated carbocycles. The molecule has 38 heavy (non-hydrogen) atoms. The van der Waals surface area contributed by atoms with E-state index in [1.165, 1.54) is 4.31 Å². The van der Waals surface area contributed by atoms with Gasteiger partial charge < -0.3 is 15.1 Å². The number of amides is 2. The predicted molar refractivity (Wildman–Crippen MR) is 149 cm³/mol. The SMILES string of the molecule is CCC(C)CNC(=O)CN1CN(c2ccccc2)C2(CCN(S(=O)(=O)c3c(C)cc(C)cc3C)CC2)C1=O. The first kappa shape index (κ1) is 28.1. The standard InChI is InChI=1S/C29H40N4O4S/c1-6-21(2)18-30-26(34)19-31-20-33(25-10-8-7-9-11-25)29(28(31)35)12-14-32(15-13-29)38(36,37)27-23(4)16-22(3)17-24(27)5/h7-11,16-17,21H,6,12-15,18-20H2,1-5H3,(H,30,34). The summed E-state index contributed by atoms with van der Waals surface area (Å²) in [6, 6.07) is 13.5. The minimum Gasteiger partial charge on any atom is -0.354 e. The lowest BCUT2D eigenvalue weighted by atomic mass is 9.86. The van der Waals surface area contributed by atoms with Gasteiger partial charge in [0, 0.05) is 25.3 Å². The molecule has 206 valence electrons. The van der Waals surface area contributed by atoms with E-state index >= 15 is 0 Å². The molecule has 8 nitrogen and oxygen atoms in total. The van der Waals surface area contributed by atoms with Gasteiger partial charge in [0.25, 0.3) is 0 Å². The van der Waals surface area contributed by atoms with Crippen molar-refractivity contribution in [1.29, 1.82) is 0 Å². The van der Waals surface area contributed by atoms with Crippen LogP contribution in [0, 0.1) is 26.7 Å². The summed E-state index contributed by atoms with van der Waals surface area (Å²) < 4.78 is 28.9. The Balaban J connectivity index is 1.57. The Bertz CT molecular complexity index is 1260. The molecule has 0 aliphatic carbocycles. The van der Waals surface area contributed by atoms with Gasteiger partial charge in [-0.3, -0.25) is 9.59 Å². The number of sulfonamides is 1. The molecule has 1 atom stereocenters. The van der Waals surface area contributed by atoms with E-state index in [1.54, 1.807) is 4.90 Å². The number of piperidine rings is 1. The highest BCUT2D eigenvalue weighted by atomic mass is 32.2. The van der Waals surface area contributed by atoms with E-state index in [4.69, 9.17) is 0 Å². The van der Waals surface area contributed by atoms with Crippen LogP contribution in [0.5, 0.6) is 0 Å². The van der Waals surface area contributed by atoms with Gasteiger partial charge >= 0.3 is 0 Å². The zero-order chi connectivity index (χ0) is 27.7. The molecule has 2 aromatic rings. The Kier molecular flexibility index (Phi) is 8.18. The van der Waals surface area contributed by atoms with Crippen molar-refractivity contribution in [2.45, 2.75) is 64.3 Å². The molecule has 1 spiro atoms. The molecule has 4 rings (SSSR count). The van der Waals surface area contributed by atoms with E-state index in [0.717, 1.165) is 28.8 Å². The smallest absolute Gasteiger partial charge is 0.250 e. The Morgan fingerprint density at radius 3 is 2.24 bits per heavy atom. The number of aryl methyl sites for hydroxylation is 3. The minimum atomic E-state index is -3.71. The van der Waals surface area contributed by atoms with Gasteiger partial charge in [0.2, 0.25) is 21.8 Å². The van der Waals surface area contributed by atoms with Crippen LogP contribution in [-0.2, 0) is 19.6 Å². The Morgan fingerprint density at radius 2 is 1.66 bits per heavy atom. The Morgan fingerprint density at radius 1 is 1.05 bits per heavy atom. The van der Waals surface area contributed by atoms with Gasteiger partial charge in [-0.15, -0.1) is 0 Å². The number of nitrogens with zero attached hydrogens (tertiary/aromatic N) is 3. The largest absolute Gasteiger partial charge is 0.354 e. The number of nitrogens with one attached hydrogen (secondary N) is 1. The predicted octanol–water partition coefficient (Wildman–Crippen LogP) is 3.60. The van der Waals surface area contributed by atoms with E-state index in [9.17, 15) is 18.0 Å². The average molecular weight is 541 g/mol. The topological polar surface area (TPSA) is 90.0 Å². The zero-order valence-electron chi connectivity index (χ0n) is 23.2. The van der Waals surface area contributed by atoms with Crippen LogP contribution in [0.4, 0.5) is 5.69 Å². The first-order valence-corrected chi connectivity index (χ1v) is 14.9. The molecular weight excluding hydrogens is 500 g/mol. The average Bonchev–Trinajstić information content (AvgIpc) is 3.13. The lowest BCUT2D eigenvalue weighted by molar-refractivity contribution is -0.137. The molecule has 2 aliphatic heterocycles. The maximum absolute atomic E-state index is 13.9. The van der Waals surface area contributed by atoms with Crippen LogP contribution < -0.4 is 10.2 Å². The number of hydrogen-bond donors (Lipinski definition) is 1. The molecule has 2 aliphatic rings. The summed E-state index contributed by atoms with van der Waals surface area (Å²) in [6.07, 6.45) is 1.68. The van der Waals surface area contributed by atoms with Crippen LogP contribution in [-0.4, -0.2) is 67.8 Å². The molecule has 2 heterocycles. The van der Waals surface area contributed by atoms with E-state index in [2.05, 4.69) is 24.1 Å². The minimum absolute atomic E-state index is 0.00980. The number of anilines is 1. The van der Waals surface area contributed by atoms with Crippen molar-refractivity contribution < 1.29 is 18.0 Å². The third-order valence-electron chi connectivity index (χ3n) is 8.01. The fourth-order valence-electron chi connectivity index (χ4n) is 5.78. The van der Waals surface area contributed by atoms with Crippen LogP contribution in [0.2, 0.25) is 0 Å². The van der Waals surface area contributed by atoms with Crippen LogP contribution >= 0.6 is 0 Å². The van der Waals surface area contributed by atoms with Crippen LogP contribution in [0.1, 0.15) is 49.8 Å². The molecule has 0 bridgehead atoms. The zero-order valence-corrected chi connectivity index (χ0v) is 24.0. The van der Waals surface area contributed by atoms with E-state index < -0.39 is 15.6 Å². The second-order valence-corrected chi connectivity index (χ2v) is 12.8. The summed E-state index contributed by atoms with van der Waals surface area (Å²) in [5, 5.41) is 2.95. The Hall–Kier alpha value is -2.91. The Labute approximate surface area is 227 Å². The van der Waals surface area contributed by atoms with E-state index in [0.29, 0.717) is 36.9 Å². The fourth-order valence-corrected chi connectivity index (χ4v) is 7.64. The van der Waals surface area contributed by atoms with Crippen LogP contribution in [0.25, 0.3) is 0 Å². The molecular formula is C29H40N4O4S. The van der Waals surface area contributed by atoms with Crippen molar-refractivity contribution >= 4 is 27.5 Å². The number of carbonyl (C=O) groups excluding carboxylic acids is 2. The molecule has 2 saturated heterocycles. The molecule has 1 unspecified atom stereocenters. The summed E-state index contributed by atoms with van der Waals surface area (Å²) in [7, 11) is -3.71. The highest BCUT2D eigenvalue weighted by Gasteiger charge is 2.55. The third-order valence-corrected chi connectivity index (χ3v) is 10.2. The van der Waals surface area contributed by atoms with Gasteiger partial charge in [-0.25, -0.2) is 8.42 Å². The molecule has 0 aromatic heterocycles. The molecule has 2 amide bonds. The monoisotopic (exact) mass is 540 g/mol. The fraction of sp³-hybridized carbons (Fsp3) is 0.517. The number of para-hydroxylation sites is 1. The maximum Gasteiger partial charge on any atom is 0.250 e.